The minimum absolute atomic E-state index is 0.184. The number of nitrogens with zero attached hydrogens (tertiary/aromatic N) is 1. The maximum atomic E-state index is 12.8. The number of carbonyl (C=O) groups is 1. The summed E-state index contributed by atoms with van der Waals surface area (Å²) >= 11 is 3.04. The molecule has 0 atom stereocenters. The molecule has 0 spiro atoms. The summed E-state index contributed by atoms with van der Waals surface area (Å²) in [5.41, 5.74) is 0.392. The summed E-state index contributed by atoms with van der Waals surface area (Å²) in [5, 5.41) is 7.29. The second-order valence-corrected chi connectivity index (χ2v) is 6.93. The summed E-state index contributed by atoms with van der Waals surface area (Å²) in [6, 6.07) is 9.83. The molecule has 2 heterocycles. The average Bonchev–Trinajstić information content (AvgIpc) is 3.26. The predicted octanol–water partition coefficient (Wildman–Crippen LogP) is 3.90. The number of benzene rings is 1. The first kappa shape index (κ1) is 16.6. The summed E-state index contributed by atoms with van der Waals surface area (Å²) in [4.78, 5) is 17.6. The van der Waals surface area contributed by atoms with E-state index in [4.69, 9.17) is 4.74 Å². The van der Waals surface area contributed by atoms with Crippen LogP contribution in [0.25, 0.3) is 0 Å². The lowest BCUT2D eigenvalue weighted by molar-refractivity contribution is 0.0949. The van der Waals surface area contributed by atoms with Gasteiger partial charge in [0, 0.05) is 16.8 Å². The average molecular weight is 362 g/mol. The topological polar surface area (TPSA) is 51.2 Å². The zero-order valence-electron chi connectivity index (χ0n) is 12.7. The van der Waals surface area contributed by atoms with E-state index in [1.54, 1.807) is 28.8 Å². The molecule has 124 valence electrons. The number of ether oxygens (including phenoxy) is 1. The molecular weight excluding hydrogens is 347 g/mol. The van der Waals surface area contributed by atoms with Crippen molar-refractivity contribution in [1.82, 2.24) is 10.3 Å². The summed E-state index contributed by atoms with van der Waals surface area (Å²) in [5.74, 6) is 0.0718. The maximum absolute atomic E-state index is 12.8. The van der Waals surface area contributed by atoms with Gasteiger partial charge in [0.15, 0.2) is 0 Å². The highest BCUT2D eigenvalue weighted by Gasteiger charge is 2.11. The monoisotopic (exact) mass is 362 g/mol. The van der Waals surface area contributed by atoms with Gasteiger partial charge in [-0.05, 0) is 42.1 Å². The second-order valence-electron chi connectivity index (χ2n) is 4.95. The third-order valence-electron chi connectivity index (χ3n) is 3.20. The van der Waals surface area contributed by atoms with E-state index in [0.29, 0.717) is 23.0 Å². The molecule has 7 heteroatoms. The Morgan fingerprint density at radius 2 is 2.04 bits per heavy atom. The van der Waals surface area contributed by atoms with Crippen molar-refractivity contribution in [2.24, 2.45) is 0 Å². The number of thiophene rings is 1. The Morgan fingerprint density at radius 1 is 1.21 bits per heavy atom. The van der Waals surface area contributed by atoms with E-state index in [-0.39, 0.29) is 18.3 Å². The quantitative estimate of drug-likeness (QED) is 0.694. The van der Waals surface area contributed by atoms with Crippen LogP contribution in [0.3, 0.4) is 0 Å². The van der Waals surface area contributed by atoms with Crippen LogP contribution in [0.15, 0.2) is 47.2 Å². The Balaban J connectivity index is 1.47. The minimum atomic E-state index is -0.307. The number of hydrogen-bond acceptors (Lipinski definition) is 5. The Labute approximate surface area is 146 Å². The van der Waals surface area contributed by atoms with Gasteiger partial charge in [0.2, 0.25) is 0 Å². The Morgan fingerprint density at radius 3 is 2.79 bits per heavy atom. The second kappa shape index (κ2) is 8.03. The standard InChI is InChI=1S/C17H15FN2O2S2/c18-12-3-5-13(6-4-12)22-10-16-20-15(11-24-16)17(21)19-8-7-14-2-1-9-23-14/h1-6,9,11H,7-8,10H2,(H,19,21). The van der Waals surface area contributed by atoms with Crippen LogP contribution >= 0.6 is 22.7 Å². The Bertz CT molecular complexity index is 785. The molecule has 0 saturated heterocycles. The molecule has 0 radical (unpaired) electrons. The Kier molecular flexibility index (Phi) is 5.55. The number of rotatable bonds is 7. The Hall–Kier alpha value is -2.25. The van der Waals surface area contributed by atoms with Crippen molar-refractivity contribution >= 4 is 28.6 Å². The van der Waals surface area contributed by atoms with Crippen molar-refractivity contribution in [3.63, 3.8) is 0 Å². The number of halogens is 1. The fourth-order valence-corrected chi connectivity index (χ4v) is 3.40. The molecule has 1 N–H and O–H groups in total. The summed E-state index contributed by atoms with van der Waals surface area (Å²) < 4.78 is 18.3. The molecule has 1 aromatic carbocycles. The minimum Gasteiger partial charge on any atom is -0.486 e. The molecule has 0 aliphatic rings. The third kappa shape index (κ3) is 4.62. The lowest BCUT2D eigenvalue weighted by Crippen LogP contribution is -2.25. The van der Waals surface area contributed by atoms with Crippen LogP contribution in [-0.2, 0) is 13.0 Å². The highest BCUT2D eigenvalue weighted by Crippen LogP contribution is 2.16. The van der Waals surface area contributed by atoms with E-state index in [9.17, 15) is 9.18 Å². The van der Waals surface area contributed by atoms with E-state index in [2.05, 4.69) is 10.3 Å². The van der Waals surface area contributed by atoms with Gasteiger partial charge in [-0.1, -0.05) is 6.07 Å². The normalized spacial score (nSPS) is 10.5. The number of carbonyl (C=O) groups excluding carboxylic acids is 1. The van der Waals surface area contributed by atoms with Crippen LogP contribution in [0.4, 0.5) is 4.39 Å². The van der Waals surface area contributed by atoms with Gasteiger partial charge >= 0.3 is 0 Å². The number of hydrogen-bond donors (Lipinski definition) is 1. The number of thiazole rings is 1. The van der Waals surface area contributed by atoms with E-state index < -0.39 is 0 Å². The summed E-state index contributed by atoms with van der Waals surface area (Å²) in [7, 11) is 0. The van der Waals surface area contributed by atoms with Crippen LogP contribution < -0.4 is 10.1 Å². The van der Waals surface area contributed by atoms with Crippen LogP contribution in [0.5, 0.6) is 5.75 Å². The zero-order valence-corrected chi connectivity index (χ0v) is 14.3. The number of amides is 1. The van der Waals surface area contributed by atoms with Crippen molar-refractivity contribution in [1.29, 1.82) is 0 Å². The van der Waals surface area contributed by atoms with E-state index >= 15 is 0 Å². The van der Waals surface area contributed by atoms with Crippen LogP contribution in [0, 0.1) is 5.82 Å². The molecule has 0 unspecified atom stereocenters. The van der Waals surface area contributed by atoms with Gasteiger partial charge in [0.1, 0.15) is 28.9 Å². The smallest absolute Gasteiger partial charge is 0.270 e. The fourth-order valence-electron chi connectivity index (χ4n) is 2.00. The maximum Gasteiger partial charge on any atom is 0.270 e. The highest BCUT2D eigenvalue weighted by atomic mass is 32.1. The van der Waals surface area contributed by atoms with Gasteiger partial charge < -0.3 is 10.1 Å². The van der Waals surface area contributed by atoms with Gasteiger partial charge in [-0.3, -0.25) is 4.79 Å². The molecular formula is C17H15FN2O2S2. The van der Waals surface area contributed by atoms with Crippen molar-refractivity contribution in [3.8, 4) is 5.75 Å². The molecule has 0 aliphatic heterocycles. The zero-order chi connectivity index (χ0) is 16.8. The number of aromatic nitrogens is 1. The number of nitrogens with one attached hydrogen (secondary N) is 1. The molecule has 0 aliphatic carbocycles. The summed E-state index contributed by atoms with van der Waals surface area (Å²) in [6.07, 6.45) is 0.814. The largest absolute Gasteiger partial charge is 0.486 e. The van der Waals surface area contributed by atoms with Crippen LogP contribution in [0.1, 0.15) is 20.4 Å². The van der Waals surface area contributed by atoms with Crippen LogP contribution in [-0.4, -0.2) is 17.4 Å². The van der Waals surface area contributed by atoms with Crippen LogP contribution in [0.2, 0.25) is 0 Å². The first-order valence-corrected chi connectivity index (χ1v) is 9.10. The molecule has 2 aromatic heterocycles. The van der Waals surface area contributed by atoms with Gasteiger partial charge in [-0.2, -0.15) is 0 Å². The van der Waals surface area contributed by atoms with Gasteiger partial charge in [0.25, 0.3) is 5.91 Å². The first-order valence-electron chi connectivity index (χ1n) is 7.34. The molecule has 4 nitrogen and oxygen atoms in total. The van der Waals surface area contributed by atoms with Crippen molar-refractivity contribution < 1.29 is 13.9 Å². The molecule has 3 rings (SSSR count). The fraction of sp³-hybridized carbons (Fsp3) is 0.176. The van der Waals surface area contributed by atoms with Gasteiger partial charge in [-0.15, -0.1) is 22.7 Å². The van der Waals surface area contributed by atoms with E-state index in [1.165, 1.54) is 28.3 Å². The van der Waals surface area contributed by atoms with Crippen molar-refractivity contribution in [3.05, 3.63) is 68.6 Å². The van der Waals surface area contributed by atoms with E-state index in [1.807, 2.05) is 17.5 Å². The summed E-state index contributed by atoms with van der Waals surface area (Å²) in [6.45, 7) is 0.830. The molecule has 1 amide bonds. The van der Waals surface area contributed by atoms with Gasteiger partial charge in [-0.25, -0.2) is 9.37 Å². The lowest BCUT2D eigenvalue weighted by atomic mass is 10.3. The lowest BCUT2D eigenvalue weighted by Gasteiger charge is -2.03. The third-order valence-corrected chi connectivity index (χ3v) is 4.96. The first-order chi connectivity index (χ1) is 11.7. The molecule has 24 heavy (non-hydrogen) atoms. The molecule has 0 saturated carbocycles. The van der Waals surface area contributed by atoms with Gasteiger partial charge in [0.05, 0.1) is 0 Å². The van der Waals surface area contributed by atoms with Crippen molar-refractivity contribution in [2.75, 3.05) is 6.54 Å². The molecule has 3 aromatic rings. The van der Waals surface area contributed by atoms with Crippen molar-refractivity contribution in [2.45, 2.75) is 13.0 Å². The molecule has 0 fully saturated rings. The predicted molar refractivity (Wildman–Crippen MR) is 93.2 cm³/mol. The molecule has 0 bridgehead atoms. The highest BCUT2D eigenvalue weighted by molar-refractivity contribution is 7.10. The SMILES string of the molecule is O=C(NCCc1cccs1)c1csc(COc2ccc(F)cc2)n1. The van der Waals surface area contributed by atoms with E-state index in [0.717, 1.165) is 6.42 Å².